The third kappa shape index (κ3) is 4.44. The second-order valence-corrected chi connectivity index (χ2v) is 5.21. The number of benzene rings is 2. The Morgan fingerprint density at radius 2 is 1.54 bits per heavy atom. The van der Waals surface area contributed by atoms with Crippen LogP contribution in [0.25, 0.3) is 0 Å². The molecule has 2 aromatic carbocycles. The fraction of sp³-hybridized carbons (Fsp3) is 0.133. The van der Waals surface area contributed by atoms with Crippen molar-refractivity contribution in [1.82, 2.24) is 5.43 Å². The third-order valence-electron chi connectivity index (χ3n) is 3.47. The molecule has 2 N–H and O–H groups in total. The molecule has 0 radical (unpaired) electrons. The predicted octanol–water partition coefficient (Wildman–Crippen LogP) is 3.29. The molecule has 0 aliphatic heterocycles. The van der Waals surface area contributed by atoms with Gasteiger partial charge in [0.1, 0.15) is 5.75 Å². The van der Waals surface area contributed by atoms with Gasteiger partial charge in [-0.15, -0.1) is 0 Å². The topological polar surface area (TPSA) is 137 Å². The van der Waals surface area contributed by atoms with Crippen molar-refractivity contribution in [3.05, 3.63) is 67.8 Å². The Balaban J connectivity index is 2.38. The standard InChI is InChI=1S/C15H11F3N4O6/c1-28-10-4-2-8(3-5-10)14(23)20-19-13-11(21(24)25)6-9(15(16,17)18)7-12(13)22(26)27/h2-7,19H,1H3,(H,20,23). The van der Waals surface area contributed by atoms with Crippen molar-refractivity contribution >= 4 is 23.0 Å². The Labute approximate surface area is 154 Å². The summed E-state index contributed by atoms with van der Waals surface area (Å²) >= 11 is 0. The average Bonchev–Trinajstić information content (AvgIpc) is 2.64. The van der Waals surface area contributed by atoms with Crippen molar-refractivity contribution < 1.29 is 32.5 Å². The number of anilines is 1. The van der Waals surface area contributed by atoms with Gasteiger partial charge in [-0.2, -0.15) is 13.2 Å². The van der Waals surface area contributed by atoms with Gasteiger partial charge in [-0.3, -0.25) is 35.9 Å². The molecular formula is C15H11F3N4O6. The lowest BCUT2D eigenvalue weighted by atomic mass is 10.1. The number of hydrogen-bond acceptors (Lipinski definition) is 7. The first-order valence-electron chi connectivity index (χ1n) is 7.29. The van der Waals surface area contributed by atoms with E-state index in [-0.39, 0.29) is 17.7 Å². The molecule has 0 fully saturated rings. The number of alkyl halides is 3. The fourth-order valence-electron chi connectivity index (χ4n) is 2.13. The summed E-state index contributed by atoms with van der Waals surface area (Å²) in [6, 6.07) is 5.83. The molecule has 0 heterocycles. The van der Waals surface area contributed by atoms with Crippen molar-refractivity contribution in [1.29, 1.82) is 0 Å². The van der Waals surface area contributed by atoms with Crippen molar-refractivity contribution in [3.63, 3.8) is 0 Å². The van der Waals surface area contributed by atoms with Gasteiger partial charge in [0.25, 0.3) is 5.91 Å². The summed E-state index contributed by atoms with van der Waals surface area (Å²) in [6.45, 7) is 0. The summed E-state index contributed by atoms with van der Waals surface area (Å²) in [7, 11) is 1.40. The number of nitrogens with one attached hydrogen (secondary N) is 2. The van der Waals surface area contributed by atoms with Crippen LogP contribution in [0.15, 0.2) is 36.4 Å². The number of amides is 1. The van der Waals surface area contributed by atoms with Crippen LogP contribution in [-0.2, 0) is 6.18 Å². The molecule has 0 atom stereocenters. The lowest BCUT2D eigenvalue weighted by Crippen LogP contribution is -2.30. The number of hydrogen-bond donors (Lipinski definition) is 2. The summed E-state index contributed by atoms with van der Waals surface area (Å²) in [6.07, 6.45) is -5.04. The maximum Gasteiger partial charge on any atom is 0.416 e. The molecule has 0 saturated heterocycles. The largest absolute Gasteiger partial charge is 0.497 e. The molecule has 0 saturated carbocycles. The minimum Gasteiger partial charge on any atom is -0.497 e. The highest BCUT2D eigenvalue weighted by Crippen LogP contribution is 2.40. The zero-order chi connectivity index (χ0) is 21.1. The number of ether oxygens (including phenoxy) is 1. The van der Waals surface area contributed by atoms with Gasteiger partial charge in [0.05, 0.1) is 22.5 Å². The highest BCUT2D eigenvalue weighted by Gasteiger charge is 2.37. The van der Waals surface area contributed by atoms with Gasteiger partial charge >= 0.3 is 17.6 Å². The van der Waals surface area contributed by atoms with Crippen LogP contribution < -0.4 is 15.6 Å². The van der Waals surface area contributed by atoms with E-state index in [1.807, 2.05) is 10.9 Å². The fourth-order valence-corrected chi connectivity index (χ4v) is 2.13. The van der Waals surface area contributed by atoms with E-state index >= 15 is 0 Å². The lowest BCUT2D eigenvalue weighted by Gasteiger charge is -2.12. The van der Waals surface area contributed by atoms with Crippen molar-refractivity contribution in [2.24, 2.45) is 0 Å². The van der Waals surface area contributed by atoms with Crippen molar-refractivity contribution in [2.45, 2.75) is 6.18 Å². The number of carbonyl (C=O) groups is 1. The number of rotatable bonds is 6. The summed E-state index contributed by atoms with van der Waals surface area (Å²) in [5.41, 5.74) is -0.910. The molecule has 10 nitrogen and oxygen atoms in total. The van der Waals surface area contributed by atoms with E-state index in [0.29, 0.717) is 5.75 Å². The predicted molar refractivity (Wildman–Crippen MR) is 88.8 cm³/mol. The molecule has 0 bridgehead atoms. The molecule has 28 heavy (non-hydrogen) atoms. The number of halogens is 3. The highest BCUT2D eigenvalue weighted by molar-refractivity contribution is 5.95. The first-order chi connectivity index (χ1) is 13.0. The maximum atomic E-state index is 12.9. The molecule has 1 amide bonds. The van der Waals surface area contributed by atoms with E-state index < -0.39 is 44.6 Å². The number of hydrazine groups is 1. The van der Waals surface area contributed by atoms with Gasteiger partial charge in [0.15, 0.2) is 0 Å². The van der Waals surface area contributed by atoms with Crippen LogP contribution in [0, 0.1) is 20.2 Å². The van der Waals surface area contributed by atoms with Gasteiger partial charge in [0, 0.05) is 17.7 Å². The molecule has 0 unspecified atom stereocenters. The second kappa shape index (κ2) is 7.77. The quantitative estimate of drug-likeness (QED) is 0.561. The van der Waals surface area contributed by atoms with Gasteiger partial charge < -0.3 is 4.74 Å². The highest BCUT2D eigenvalue weighted by atomic mass is 19.4. The number of carbonyl (C=O) groups excluding carboxylic acids is 1. The van der Waals surface area contributed by atoms with Crippen LogP contribution in [-0.4, -0.2) is 22.9 Å². The van der Waals surface area contributed by atoms with Crippen LogP contribution in [0.5, 0.6) is 5.75 Å². The molecule has 0 aliphatic carbocycles. The number of nitro groups is 2. The van der Waals surface area contributed by atoms with Crippen molar-refractivity contribution in [2.75, 3.05) is 12.5 Å². The Morgan fingerprint density at radius 1 is 1.04 bits per heavy atom. The van der Waals surface area contributed by atoms with Gasteiger partial charge in [-0.25, -0.2) is 0 Å². The third-order valence-corrected chi connectivity index (χ3v) is 3.47. The smallest absolute Gasteiger partial charge is 0.416 e. The van der Waals surface area contributed by atoms with Gasteiger partial charge in [-0.1, -0.05) is 0 Å². The second-order valence-electron chi connectivity index (χ2n) is 5.21. The van der Waals surface area contributed by atoms with E-state index in [0.717, 1.165) is 0 Å². The van der Waals surface area contributed by atoms with Crippen LogP contribution in [0.4, 0.5) is 30.2 Å². The first kappa shape index (κ1) is 20.4. The lowest BCUT2D eigenvalue weighted by molar-refractivity contribution is -0.392. The minimum atomic E-state index is -5.04. The molecule has 13 heteroatoms. The molecule has 2 aromatic rings. The molecule has 148 valence electrons. The number of methoxy groups -OCH3 is 1. The van der Waals surface area contributed by atoms with E-state index in [9.17, 15) is 38.2 Å². The summed E-state index contributed by atoms with van der Waals surface area (Å²) in [5, 5.41) is 22.2. The van der Waals surface area contributed by atoms with E-state index in [1.165, 1.54) is 31.4 Å². The van der Waals surface area contributed by atoms with E-state index in [1.54, 1.807) is 0 Å². The Morgan fingerprint density at radius 3 is 1.93 bits per heavy atom. The van der Waals surface area contributed by atoms with Gasteiger partial charge in [-0.05, 0) is 24.3 Å². The maximum absolute atomic E-state index is 12.9. The first-order valence-corrected chi connectivity index (χ1v) is 7.29. The summed E-state index contributed by atoms with van der Waals surface area (Å²) < 4.78 is 43.5. The van der Waals surface area contributed by atoms with Crippen LogP contribution >= 0.6 is 0 Å². The number of nitro benzene ring substituents is 2. The minimum absolute atomic E-state index is 0.0607. The van der Waals surface area contributed by atoms with Crippen LogP contribution in [0.1, 0.15) is 15.9 Å². The number of nitrogens with zero attached hydrogens (tertiary/aromatic N) is 2. The van der Waals surface area contributed by atoms with Crippen LogP contribution in [0.3, 0.4) is 0 Å². The molecule has 0 spiro atoms. The Bertz CT molecular complexity index is 895. The Kier molecular flexibility index (Phi) is 5.67. The van der Waals surface area contributed by atoms with Gasteiger partial charge in [0.2, 0.25) is 5.69 Å². The zero-order valence-corrected chi connectivity index (χ0v) is 13.9. The van der Waals surface area contributed by atoms with Crippen LogP contribution in [0.2, 0.25) is 0 Å². The normalized spacial score (nSPS) is 10.9. The SMILES string of the molecule is COc1ccc(C(=O)NNc2c([N+](=O)[O-])cc(C(F)(F)F)cc2[N+](=O)[O-])cc1. The molecule has 0 aliphatic rings. The average molecular weight is 400 g/mol. The summed E-state index contributed by atoms with van der Waals surface area (Å²) in [4.78, 5) is 31.8. The molecule has 2 rings (SSSR count). The Hall–Kier alpha value is -3.90. The monoisotopic (exact) mass is 400 g/mol. The van der Waals surface area contributed by atoms with E-state index in [2.05, 4.69) is 0 Å². The van der Waals surface area contributed by atoms with Crippen molar-refractivity contribution in [3.8, 4) is 5.75 Å². The summed E-state index contributed by atoms with van der Waals surface area (Å²) in [5.74, 6) is -0.398. The molecular weight excluding hydrogens is 389 g/mol. The molecule has 0 aromatic heterocycles. The van der Waals surface area contributed by atoms with E-state index in [4.69, 9.17) is 4.74 Å². The zero-order valence-electron chi connectivity index (χ0n) is 13.9.